The first-order valence-corrected chi connectivity index (χ1v) is 6.48. The van der Waals surface area contributed by atoms with Crippen LogP contribution in [0.3, 0.4) is 0 Å². The summed E-state index contributed by atoms with van der Waals surface area (Å²) in [6, 6.07) is 3.30. The first-order chi connectivity index (χ1) is 9.01. The highest BCUT2D eigenvalue weighted by atomic mass is 19.1. The third kappa shape index (κ3) is 3.04. The van der Waals surface area contributed by atoms with Gasteiger partial charge in [0.2, 0.25) is 0 Å². The SMILES string of the molecule is CC[C@@H](NC(=O)c1ccc(F)cc1O)C1CC(O)C1. The second kappa shape index (κ2) is 5.57. The zero-order valence-corrected chi connectivity index (χ0v) is 10.8. The molecule has 0 unspecified atom stereocenters. The Morgan fingerprint density at radius 3 is 2.74 bits per heavy atom. The summed E-state index contributed by atoms with van der Waals surface area (Å²) in [5, 5.41) is 21.7. The van der Waals surface area contributed by atoms with Crippen LogP contribution in [0.4, 0.5) is 4.39 Å². The third-order valence-corrected chi connectivity index (χ3v) is 3.68. The van der Waals surface area contributed by atoms with Gasteiger partial charge in [0.25, 0.3) is 5.91 Å². The molecule has 1 amide bonds. The first kappa shape index (κ1) is 13.8. The van der Waals surface area contributed by atoms with E-state index in [0.29, 0.717) is 12.8 Å². The van der Waals surface area contributed by atoms with Gasteiger partial charge in [-0.05, 0) is 37.3 Å². The molecule has 1 aromatic carbocycles. The Morgan fingerprint density at radius 2 is 2.21 bits per heavy atom. The van der Waals surface area contributed by atoms with Crippen LogP contribution in [0.25, 0.3) is 0 Å². The number of aromatic hydroxyl groups is 1. The molecule has 4 nitrogen and oxygen atoms in total. The van der Waals surface area contributed by atoms with Gasteiger partial charge in [-0.3, -0.25) is 4.79 Å². The van der Waals surface area contributed by atoms with Crippen LogP contribution >= 0.6 is 0 Å². The van der Waals surface area contributed by atoms with Crippen molar-refractivity contribution >= 4 is 5.91 Å². The van der Waals surface area contributed by atoms with Gasteiger partial charge in [0, 0.05) is 12.1 Å². The van der Waals surface area contributed by atoms with Crippen molar-refractivity contribution in [2.45, 2.75) is 38.3 Å². The highest BCUT2D eigenvalue weighted by Gasteiger charge is 2.34. The summed E-state index contributed by atoms with van der Waals surface area (Å²) in [7, 11) is 0. The van der Waals surface area contributed by atoms with Crippen LogP contribution in [-0.4, -0.2) is 28.3 Å². The number of carbonyl (C=O) groups is 1. The van der Waals surface area contributed by atoms with Crippen LogP contribution < -0.4 is 5.32 Å². The standard InChI is InChI=1S/C14H18FNO3/c1-2-12(8-5-10(17)6-8)16-14(19)11-4-3-9(15)7-13(11)18/h3-4,7-8,10,12,17-18H,2,5-6H2,1H3,(H,16,19)/t8?,10?,12-/m1/s1. The van der Waals surface area contributed by atoms with Gasteiger partial charge in [-0.15, -0.1) is 0 Å². The van der Waals surface area contributed by atoms with Gasteiger partial charge in [-0.2, -0.15) is 0 Å². The molecule has 0 radical (unpaired) electrons. The normalized spacial score (nSPS) is 23.5. The Kier molecular flexibility index (Phi) is 4.04. The average molecular weight is 267 g/mol. The molecular formula is C14H18FNO3. The molecule has 104 valence electrons. The van der Waals surface area contributed by atoms with Crippen molar-refractivity contribution in [2.24, 2.45) is 5.92 Å². The molecule has 2 rings (SSSR count). The van der Waals surface area contributed by atoms with E-state index < -0.39 is 11.7 Å². The van der Waals surface area contributed by atoms with Gasteiger partial charge in [-0.1, -0.05) is 6.92 Å². The number of aliphatic hydroxyl groups excluding tert-OH is 1. The molecule has 0 bridgehead atoms. The molecule has 1 aromatic rings. The van der Waals surface area contributed by atoms with Crippen LogP contribution in [0, 0.1) is 11.7 Å². The Hall–Kier alpha value is -1.62. The zero-order valence-electron chi connectivity index (χ0n) is 10.8. The lowest BCUT2D eigenvalue weighted by atomic mass is 9.76. The largest absolute Gasteiger partial charge is 0.507 e. The summed E-state index contributed by atoms with van der Waals surface area (Å²) in [5.74, 6) is -1.08. The number of hydrogen-bond donors (Lipinski definition) is 3. The van der Waals surface area contributed by atoms with E-state index in [1.54, 1.807) is 0 Å². The van der Waals surface area contributed by atoms with E-state index in [9.17, 15) is 19.4 Å². The van der Waals surface area contributed by atoms with Crippen LogP contribution in [-0.2, 0) is 0 Å². The predicted molar refractivity (Wildman–Crippen MR) is 68.3 cm³/mol. The minimum absolute atomic E-state index is 0.0275. The molecule has 0 saturated heterocycles. The summed E-state index contributed by atoms with van der Waals surface area (Å²) in [5.41, 5.74) is 0.0692. The van der Waals surface area contributed by atoms with Crippen molar-refractivity contribution in [3.8, 4) is 5.75 Å². The van der Waals surface area contributed by atoms with Crippen molar-refractivity contribution in [1.29, 1.82) is 0 Å². The summed E-state index contributed by atoms with van der Waals surface area (Å²) < 4.78 is 12.9. The Balaban J connectivity index is 2.03. The van der Waals surface area contributed by atoms with Crippen molar-refractivity contribution in [3.05, 3.63) is 29.6 Å². The maximum absolute atomic E-state index is 12.9. The van der Waals surface area contributed by atoms with E-state index in [4.69, 9.17) is 0 Å². The fraction of sp³-hybridized carbons (Fsp3) is 0.500. The van der Waals surface area contributed by atoms with Crippen LogP contribution in [0.5, 0.6) is 5.75 Å². The molecule has 0 aliphatic heterocycles. The van der Waals surface area contributed by atoms with Crippen molar-refractivity contribution in [3.63, 3.8) is 0 Å². The summed E-state index contributed by atoms with van der Waals surface area (Å²) in [6.07, 6.45) is 1.86. The number of nitrogens with one attached hydrogen (secondary N) is 1. The van der Waals surface area contributed by atoms with E-state index >= 15 is 0 Å². The van der Waals surface area contributed by atoms with Gasteiger partial charge in [-0.25, -0.2) is 4.39 Å². The molecule has 5 heteroatoms. The lowest BCUT2D eigenvalue weighted by Gasteiger charge is -2.37. The van der Waals surface area contributed by atoms with Gasteiger partial charge in [0.15, 0.2) is 0 Å². The molecule has 0 heterocycles. The summed E-state index contributed by atoms with van der Waals surface area (Å²) in [4.78, 5) is 12.0. The Morgan fingerprint density at radius 1 is 1.53 bits per heavy atom. The number of phenolic OH excluding ortho intramolecular Hbond substituents is 1. The second-order valence-electron chi connectivity index (χ2n) is 5.03. The number of halogens is 1. The number of amides is 1. The monoisotopic (exact) mass is 267 g/mol. The molecular weight excluding hydrogens is 249 g/mol. The second-order valence-corrected chi connectivity index (χ2v) is 5.03. The van der Waals surface area contributed by atoms with Gasteiger partial charge in [0.1, 0.15) is 11.6 Å². The molecule has 1 aliphatic carbocycles. The zero-order chi connectivity index (χ0) is 14.0. The predicted octanol–water partition coefficient (Wildman–Crippen LogP) is 1.81. The fourth-order valence-corrected chi connectivity index (χ4v) is 2.45. The van der Waals surface area contributed by atoms with Crippen molar-refractivity contribution in [1.82, 2.24) is 5.32 Å². The quantitative estimate of drug-likeness (QED) is 0.779. The highest BCUT2D eigenvalue weighted by molar-refractivity contribution is 5.96. The number of benzene rings is 1. The number of aliphatic hydroxyl groups is 1. The average Bonchev–Trinajstić information content (AvgIpc) is 2.32. The minimum Gasteiger partial charge on any atom is -0.507 e. The van der Waals surface area contributed by atoms with Crippen LogP contribution in [0.1, 0.15) is 36.5 Å². The maximum atomic E-state index is 12.9. The van der Waals surface area contributed by atoms with Gasteiger partial charge in [0.05, 0.1) is 11.7 Å². The maximum Gasteiger partial charge on any atom is 0.255 e. The Labute approximate surface area is 111 Å². The van der Waals surface area contributed by atoms with Crippen LogP contribution in [0.2, 0.25) is 0 Å². The summed E-state index contributed by atoms with van der Waals surface area (Å²) >= 11 is 0. The molecule has 1 atom stereocenters. The Bertz CT molecular complexity index is 472. The first-order valence-electron chi connectivity index (χ1n) is 6.48. The minimum atomic E-state index is -0.580. The molecule has 19 heavy (non-hydrogen) atoms. The number of carbonyl (C=O) groups excluding carboxylic acids is 1. The molecule has 1 saturated carbocycles. The fourth-order valence-electron chi connectivity index (χ4n) is 2.45. The number of hydrogen-bond acceptors (Lipinski definition) is 3. The van der Waals surface area contributed by atoms with Gasteiger partial charge >= 0.3 is 0 Å². The van der Waals surface area contributed by atoms with Crippen molar-refractivity contribution < 1.29 is 19.4 Å². The van der Waals surface area contributed by atoms with Gasteiger partial charge < -0.3 is 15.5 Å². The lowest BCUT2D eigenvalue weighted by Crippen LogP contribution is -2.46. The van der Waals surface area contributed by atoms with Crippen LogP contribution in [0.15, 0.2) is 18.2 Å². The lowest BCUT2D eigenvalue weighted by molar-refractivity contribution is 0.0232. The molecule has 0 aromatic heterocycles. The third-order valence-electron chi connectivity index (χ3n) is 3.68. The topological polar surface area (TPSA) is 69.6 Å². The highest BCUT2D eigenvalue weighted by Crippen LogP contribution is 2.31. The summed E-state index contributed by atoms with van der Waals surface area (Å²) in [6.45, 7) is 1.96. The van der Waals surface area contributed by atoms with E-state index in [0.717, 1.165) is 18.6 Å². The van der Waals surface area contributed by atoms with E-state index in [2.05, 4.69) is 5.32 Å². The van der Waals surface area contributed by atoms with E-state index in [1.165, 1.54) is 6.07 Å². The number of phenols is 1. The molecule has 1 aliphatic rings. The van der Waals surface area contributed by atoms with E-state index in [1.807, 2.05) is 6.92 Å². The molecule has 1 fully saturated rings. The van der Waals surface area contributed by atoms with Crippen molar-refractivity contribution in [2.75, 3.05) is 0 Å². The smallest absolute Gasteiger partial charge is 0.255 e. The van der Waals surface area contributed by atoms with E-state index in [-0.39, 0.29) is 29.4 Å². The molecule has 3 N–H and O–H groups in total. The molecule has 0 spiro atoms. The number of rotatable bonds is 4.